The fourth-order valence-electron chi connectivity index (χ4n) is 2.42. The van der Waals surface area contributed by atoms with Gasteiger partial charge in [0, 0.05) is 38.3 Å². The Morgan fingerprint density at radius 3 is 2.47 bits per heavy atom. The number of para-hydroxylation sites is 1. The third-order valence-corrected chi connectivity index (χ3v) is 4.79. The van der Waals surface area contributed by atoms with Gasteiger partial charge in [0.15, 0.2) is 0 Å². The van der Waals surface area contributed by atoms with Gasteiger partial charge in [0.2, 0.25) is 0 Å². The molecule has 102 valence electrons. The Morgan fingerprint density at radius 1 is 1.16 bits per heavy atom. The normalized spacial score (nSPS) is 21.5. The van der Waals surface area contributed by atoms with Crippen molar-refractivity contribution in [3.8, 4) is 0 Å². The number of piperazine rings is 1. The van der Waals surface area contributed by atoms with Gasteiger partial charge in [-0.3, -0.25) is 15.0 Å². The van der Waals surface area contributed by atoms with E-state index in [1.54, 1.807) is 12.1 Å². The molecular weight excluding hydrogens is 262 g/mol. The molecule has 0 atom stereocenters. The monoisotopic (exact) mass is 279 g/mol. The summed E-state index contributed by atoms with van der Waals surface area (Å²) < 4.78 is 2.24. The molecule has 1 saturated heterocycles. The van der Waals surface area contributed by atoms with Crippen LogP contribution in [0, 0.1) is 10.1 Å². The highest BCUT2D eigenvalue weighted by Gasteiger charge is 2.31. The maximum absolute atomic E-state index is 11.0. The highest BCUT2D eigenvalue weighted by Crippen LogP contribution is 2.33. The van der Waals surface area contributed by atoms with E-state index in [1.807, 2.05) is 12.1 Å². The molecule has 1 aliphatic heterocycles. The smallest absolute Gasteiger partial charge is 0.284 e. The first-order valence-electron chi connectivity index (χ1n) is 6.64. The van der Waals surface area contributed by atoms with Gasteiger partial charge in [-0.05, 0) is 30.9 Å². The number of nitro benzene ring substituents is 1. The topological polar surface area (TPSA) is 49.6 Å². The van der Waals surface area contributed by atoms with Crippen LogP contribution in [-0.2, 0) is 0 Å². The zero-order valence-electron chi connectivity index (χ0n) is 10.7. The van der Waals surface area contributed by atoms with E-state index in [0.29, 0.717) is 0 Å². The summed E-state index contributed by atoms with van der Waals surface area (Å²) in [6.45, 7) is 4.12. The van der Waals surface area contributed by atoms with Crippen molar-refractivity contribution >= 4 is 17.6 Å². The summed E-state index contributed by atoms with van der Waals surface area (Å²) in [5.74, 6) is 0. The molecule has 0 bridgehead atoms. The van der Waals surface area contributed by atoms with Crippen molar-refractivity contribution in [2.24, 2.45) is 0 Å². The van der Waals surface area contributed by atoms with E-state index in [0.717, 1.165) is 37.1 Å². The zero-order chi connectivity index (χ0) is 13.2. The van der Waals surface area contributed by atoms with Gasteiger partial charge >= 0.3 is 0 Å². The van der Waals surface area contributed by atoms with E-state index >= 15 is 0 Å². The average Bonchev–Trinajstić information content (AvgIpc) is 3.24. The second kappa shape index (κ2) is 5.48. The molecule has 3 rings (SSSR count). The fraction of sp³-hybridized carbons (Fsp3) is 0.538. The molecule has 1 saturated carbocycles. The third kappa shape index (κ3) is 3.08. The quantitative estimate of drug-likeness (QED) is 0.481. The minimum atomic E-state index is -0.303. The Hall–Kier alpha value is -1.11. The molecule has 1 heterocycles. The van der Waals surface area contributed by atoms with Crippen molar-refractivity contribution in [2.45, 2.75) is 23.8 Å². The summed E-state index contributed by atoms with van der Waals surface area (Å²) in [6, 6.07) is 7.79. The Bertz CT molecular complexity index is 471. The standard InChI is InChI=1S/C13H17N3O2S/c17-16(18)12-3-1-2-4-13(12)19-15-9-7-14(8-10-15)11-5-6-11/h1-4,11H,5-10H2. The van der Waals surface area contributed by atoms with Crippen LogP contribution in [0.25, 0.3) is 0 Å². The maximum atomic E-state index is 11.0. The molecule has 1 aromatic carbocycles. The number of benzene rings is 1. The van der Waals surface area contributed by atoms with Crippen LogP contribution < -0.4 is 0 Å². The van der Waals surface area contributed by atoms with Crippen molar-refractivity contribution in [1.82, 2.24) is 9.21 Å². The summed E-state index contributed by atoms with van der Waals surface area (Å²) >= 11 is 1.52. The van der Waals surface area contributed by atoms with Crippen LogP contribution >= 0.6 is 11.9 Å². The lowest BCUT2D eigenvalue weighted by Crippen LogP contribution is -2.44. The molecule has 0 N–H and O–H groups in total. The Balaban J connectivity index is 1.61. The molecule has 0 spiro atoms. The lowest BCUT2D eigenvalue weighted by molar-refractivity contribution is -0.387. The second-order valence-electron chi connectivity index (χ2n) is 5.01. The Labute approximate surface area is 116 Å². The van der Waals surface area contributed by atoms with Gasteiger partial charge in [0.25, 0.3) is 5.69 Å². The van der Waals surface area contributed by atoms with Crippen molar-refractivity contribution in [2.75, 3.05) is 26.2 Å². The number of hydrogen-bond acceptors (Lipinski definition) is 5. The fourth-order valence-corrected chi connectivity index (χ4v) is 3.42. The molecule has 0 aromatic heterocycles. The van der Waals surface area contributed by atoms with Crippen molar-refractivity contribution in [3.05, 3.63) is 34.4 Å². The number of hydrogen-bond donors (Lipinski definition) is 0. The van der Waals surface area contributed by atoms with E-state index in [4.69, 9.17) is 0 Å². The first kappa shape index (κ1) is 12.9. The van der Waals surface area contributed by atoms with E-state index in [-0.39, 0.29) is 10.6 Å². The first-order valence-corrected chi connectivity index (χ1v) is 7.42. The second-order valence-corrected chi connectivity index (χ2v) is 6.15. The van der Waals surface area contributed by atoms with Gasteiger partial charge < -0.3 is 0 Å². The minimum absolute atomic E-state index is 0.206. The average molecular weight is 279 g/mol. The van der Waals surface area contributed by atoms with Gasteiger partial charge in [-0.1, -0.05) is 12.1 Å². The molecule has 5 nitrogen and oxygen atoms in total. The highest BCUT2D eigenvalue weighted by molar-refractivity contribution is 7.97. The Kier molecular flexibility index (Phi) is 3.72. The lowest BCUT2D eigenvalue weighted by Gasteiger charge is -2.33. The summed E-state index contributed by atoms with van der Waals surface area (Å²) in [5, 5.41) is 11.0. The van der Waals surface area contributed by atoms with Gasteiger partial charge in [0.05, 0.1) is 4.92 Å². The largest absolute Gasteiger partial charge is 0.298 e. The van der Waals surface area contributed by atoms with Crippen LogP contribution in [0.3, 0.4) is 0 Å². The van der Waals surface area contributed by atoms with Gasteiger partial charge in [-0.15, -0.1) is 0 Å². The summed E-state index contributed by atoms with van der Waals surface area (Å²) in [6.07, 6.45) is 2.69. The number of rotatable bonds is 4. The van der Waals surface area contributed by atoms with E-state index in [1.165, 1.54) is 24.8 Å². The van der Waals surface area contributed by atoms with Crippen molar-refractivity contribution in [1.29, 1.82) is 0 Å². The van der Waals surface area contributed by atoms with E-state index in [2.05, 4.69) is 9.21 Å². The minimum Gasteiger partial charge on any atom is -0.298 e. The molecular formula is C13H17N3O2S. The molecule has 6 heteroatoms. The van der Waals surface area contributed by atoms with Crippen LogP contribution in [0.15, 0.2) is 29.2 Å². The molecule has 0 unspecified atom stereocenters. The third-order valence-electron chi connectivity index (χ3n) is 3.63. The highest BCUT2D eigenvalue weighted by atomic mass is 32.2. The molecule has 0 radical (unpaired) electrons. The van der Waals surface area contributed by atoms with Crippen LogP contribution in [0.4, 0.5) is 5.69 Å². The molecule has 2 aliphatic rings. The Morgan fingerprint density at radius 2 is 1.84 bits per heavy atom. The molecule has 1 aromatic rings. The summed E-state index contributed by atoms with van der Waals surface area (Å²) in [4.78, 5) is 14.0. The maximum Gasteiger partial charge on any atom is 0.284 e. The van der Waals surface area contributed by atoms with Gasteiger partial charge in [0.1, 0.15) is 4.90 Å². The predicted molar refractivity (Wildman–Crippen MR) is 75.1 cm³/mol. The SMILES string of the molecule is O=[N+]([O-])c1ccccc1SN1CCN(C2CC2)CC1. The number of nitro groups is 1. The van der Waals surface area contributed by atoms with Gasteiger partial charge in [-0.25, -0.2) is 4.31 Å². The molecule has 2 fully saturated rings. The van der Waals surface area contributed by atoms with Crippen LogP contribution in [0.2, 0.25) is 0 Å². The first-order chi connectivity index (χ1) is 9.24. The number of nitrogens with zero attached hydrogens (tertiary/aromatic N) is 3. The van der Waals surface area contributed by atoms with Crippen molar-refractivity contribution in [3.63, 3.8) is 0 Å². The van der Waals surface area contributed by atoms with E-state index < -0.39 is 0 Å². The molecule has 1 aliphatic carbocycles. The zero-order valence-corrected chi connectivity index (χ0v) is 11.5. The van der Waals surface area contributed by atoms with Gasteiger partial charge in [-0.2, -0.15) is 0 Å². The van der Waals surface area contributed by atoms with Crippen LogP contribution in [0.1, 0.15) is 12.8 Å². The molecule has 19 heavy (non-hydrogen) atoms. The summed E-state index contributed by atoms with van der Waals surface area (Å²) in [5.41, 5.74) is 0.206. The van der Waals surface area contributed by atoms with E-state index in [9.17, 15) is 10.1 Å². The lowest BCUT2D eigenvalue weighted by atomic mass is 10.3. The molecule has 0 amide bonds. The summed E-state index contributed by atoms with van der Waals surface area (Å²) in [7, 11) is 0. The predicted octanol–water partition coefficient (Wildman–Crippen LogP) is 2.38. The van der Waals surface area contributed by atoms with Crippen molar-refractivity contribution < 1.29 is 4.92 Å². The van der Waals surface area contributed by atoms with Crippen LogP contribution in [-0.4, -0.2) is 46.3 Å². The van der Waals surface area contributed by atoms with Crippen LogP contribution in [0.5, 0.6) is 0 Å².